The van der Waals surface area contributed by atoms with Crippen LogP contribution in [-0.2, 0) is 16.0 Å². The predicted molar refractivity (Wildman–Crippen MR) is 73.1 cm³/mol. The van der Waals surface area contributed by atoms with Crippen LogP contribution in [0.4, 0.5) is 5.69 Å². The van der Waals surface area contributed by atoms with Gasteiger partial charge in [0.05, 0.1) is 24.0 Å². The van der Waals surface area contributed by atoms with Crippen molar-refractivity contribution in [2.75, 3.05) is 5.32 Å². The number of aromatic nitrogens is 1. The number of pyridine rings is 1. The minimum absolute atomic E-state index is 0.0367. The average Bonchev–Trinajstić information content (AvgIpc) is 3.03. The fourth-order valence-electron chi connectivity index (χ4n) is 3.08. The van der Waals surface area contributed by atoms with Crippen LogP contribution < -0.4 is 5.32 Å². The number of carbonyl (C=O) groups is 2. The van der Waals surface area contributed by atoms with E-state index in [1.165, 1.54) is 6.20 Å². The van der Waals surface area contributed by atoms with E-state index in [4.69, 9.17) is 5.11 Å². The Morgan fingerprint density at radius 2 is 2.15 bits per heavy atom. The molecule has 1 heterocycles. The largest absolute Gasteiger partial charge is 0.481 e. The van der Waals surface area contributed by atoms with Crippen LogP contribution in [0.1, 0.15) is 18.5 Å². The third-order valence-electron chi connectivity index (χ3n) is 4.04. The summed E-state index contributed by atoms with van der Waals surface area (Å²) in [4.78, 5) is 26.8. The molecule has 0 saturated heterocycles. The Kier molecular flexibility index (Phi) is 3.26. The van der Waals surface area contributed by atoms with Crippen LogP contribution in [0.5, 0.6) is 0 Å². The van der Waals surface area contributed by atoms with E-state index < -0.39 is 5.97 Å². The molecule has 2 N–H and O–H groups in total. The molecule has 2 aliphatic carbocycles. The van der Waals surface area contributed by atoms with Crippen molar-refractivity contribution in [3.05, 3.63) is 36.2 Å². The summed E-state index contributed by atoms with van der Waals surface area (Å²) in [5, 5.41) is 11.5. The highest BCUT2D eigenvalue weighted by Crippen LogP contribution is 2.43. The first-order valence-corrected chi connectivity index (χ1v) is 6.78. The normalized spacial score (nSPS) is 26.7. The quantitative estimate of drug-likeness (QED) is 0.820. The number of fused-ring (bicyclic) bond motifs is 2. The Labute approximate surface area is 116 Å². The minimum Gasteiger partial charge on any atom is -0.481 e. The number of nitrogens with zero attached hydrogens (tertiary/aromatic N) is 1. The molecule has 1 amide bonds. The number of hydrogen-bond donors (Lipinski definition) is 2. The highest BCUT2D eigenvalue weighted by molar-refractivity contribution is 5.93. The molecule has 3 unspecified atom stereocenters. The summed E-state index contributed by atoms with van der Waals surface area (Å²) in [6.45, 7) is 0. The minimum atomic E-state index is -0.914. The van der Waals surface area contributed by atoms with Gasteiger partial charge in [0, 0.05) is 5.92 Å². The second-order valence-electron chi connectivity index (χ2n) is 5.48. The van der Waals surface area contributed by atoms with Crippen molar-refractivity contribution in [2.24, 2.45) is 17.8 Å². The molecule has 1 aromatic heterocycles. The zero-order valence-corrected chi connectivity index (χ0v) is 11.0. The molecule has 0 aliphatic heterocycles. The number of allylic oxidation sites excluding steroid dienone is 2. The van der Waals surface area contributed by atoms with Crippen LogP contribution in [-0.4, -0.2) is 22.0 Å². The van der Waals surface area contributed by atoms with E-state index in [0.717, 1.165) is 12.8 Å². The van der Waals surface area contributed by atoms with Crippen molar-refractivity contribution in [1.29, 1.82) is 0 Å². The van der Waals surface area contributed by atoms with E-state index in [1.807, 2.05) is 0 Å². The van der Waals surface area contributed by atoms with E-state index in [9.17, 15) is 9.59 Å². The van der Waals surface area contributed by atoms with E-state index in [2.05, 4.69) is 22.5 Å². The Morgan fingerprint density at radius 3 is 2.70 bits per heavy atom. The molecule has 5 heteroatoms. The Morgan fingerprint density at radius 1 is 1.30 bits per heavy atom. The third-order valence-corrected chi connectivity index (χ3v) is 4.04. The standard InChI is InChI=1S/C15H16N2O3/c18-14(19)7-11-3-4-12(8-16-11)17-15(20)13-6-9-1-2-10(13)5-9/h1-4,8-10,13H,5-7H2,(H,17,20)(H,18,19). The van der Waals surface area contributed by atoms with Gasteiger partial charge in [0.1, 0.15) is 0 Å². The van der Waals surface area contributed by atoms with Gasteiger partial charge in [-0.1, -0.05) is 12.2 Å². The maximum Gasteiger partial charge on any atom is 0.309 e. The van der Waals surface area contributed by atoms with Crippen LogP contribution in [0, 0.1) is 17.8 Å². The summed E-state index contributed by atoms with van der Waals surface area (Å²) >= 11 is 0. The van der Waals surface area contributed by atoms with Crippen molar-refractivity contribution >= 4 is 17.6 Å². The number of nitrogens with one attached hydrogen (secondary N) is 1. The molecule has 0 aromatic carbocycles. The van der Waals surface area contributed by atoms with Gasteiger partial charge in [-0.15, -0.1) is 0 Å². The van der Waals surface area contributed by atoms with Gasteiger partial charge >= 0.3 is 5.97 Å². The molecule has 104 valence electrons. The van der Waals surface area contributed by atoms with E-state index in [1.54, 1.807) is 12.1 Å². The summed E-state index contributed by atoms with van der Waals surface area (Å²) in [5.74, 6) is 0.118. The van der Waals surface area contributed by atoms with Gasteiger partial charge in [-0.25, -0.2) is 0 Å². The van der Waals surface area contributed by atoms with Crippen LogP contribution in [0.25, 0.3) is 0 Å². The summed E-state index contributed by atoms with van der Waals surface area (Å²) in [6, 6.07) is 3.33. The van der Waals surface area contributed by atoms with E-state index >= 15 is 0 Å². The SMILES string of the molecule is O=C(O)Cc1ccc(NC(=O)C2CC3C=CC2C3)cn1. The number of amides is 1. The monoisotopic (exact) mass is 272 g/mol. The second kappa shape index (κ2) is 5.07. The number of rotatable bonds is 4. The number of carboxylic acids is 1. The summed E-state index contributed by atoms with van der Waals surface area (Å²) in [6.07, 6.45) is 7.78. The lowest BCUT2D eigenvalue weighted by molar-refractivity contribution is -0.136. The summed E-state index contributed by atoms with van der Waals surface area (Å²) in [7, 11) is 0. The number of anilines is 1. The third kappa shape index (κ3) is 2.57. The molecule has 5 nitrogen and oxygen atoms in total. The molecule has 20 heavy (non-hydrogen) atoms. The van der Waals surface area contributed by atoms with Crippen molar-refractivity contribution in [3.63, 3.8) is 0 Å². The molecule has 1 fully saturated rings. The van der Waals surface area contributed by atoms with Gasteiger partial charge in [-0.2, -0.15) is 0 Å². The van der Waals surface area contributed by atoms with Gasteiger partial charge in [-0.05, 0) is 36.8 Å². The van der Waals surface area contributed by atoms with Crippen molar-refractivity contribution in [1.82, 2.24) is 4.98 Å². The lowest BCUT2D eigenvalue weighted by Gasteiger charge is -2.17. The zero-order valence-electron chi connectivity index (χ0n) is 11.0. The van der Waals surface area contributed by atoms with Crippen LogP contribution in [0.15, 0.2) is 30.5 Å². The lowest BCUT2D eigenvalue weighted by Crippen LogP contribution is -2.25. The number of carboxylic acid groups (broad SMARTS) is 1. The van der Waals surface area contributed by atoms with Crippen molar-refractivity contribution < 1.29 is 14.7 Å². The zero-order chi connectivity index (χ0) is 14.1. The second-order valence-corrected chi connectivity index (χ2v) is 5.48. The van der Waals surface area contributed by atoms with Gasteiger partial charge in [0.25, 0.3) is 0 Å². The van der Waals surface area contributed by atoms with Gasteiger partial charge in [-0.3, -0.25) is 14.6 Å². The molecule has 3 atom stereocenters. The lowest BCUT2D eigenvalue weighted by atomic mass is 9.93. The highest BCUT2D eigenvalue weighted by Gasteiger charge is 2.39. The highest BCUT2D eigenvalue weighted by atomic mass is 16.4. The van der Waals surface area contributed by atoms with Gasteiger partial charge in [0.2, 0.25) is 5.91 Å². The smallest absolute Gasteiger partial charge is 0.309 e. The first-order valence-electron chi connectivity index (χ1n) is 6.78. The van der Waals surface area contributed by atoms with Gasteiger partial charge < -0.3 is 10.4 Å². The van der Waals surface area contributed by atoms with E-state index in [0.29, 0.717) is 23.2 Å². The maximum atomic E-state index is 12.2. The Bertz CT molecular complexity index is 565. The van der Waals surface area contributed by atoms with Gasteiger partial charge in [0.15, 0.2) is 0 Å². The molecule has 3 rings (SSSR count). The Balaban J connectivity index is 1.61. The van der Waals surface area contributed by atoms with Crippen LogP contribution in [0.3, 0.4) is 0 Å². The molecular formula is C15H16N2O3. The fraction of sp³-hybridized carbons (Fsp3) is 0.400. The Hall–Kier alpha value is -2.17. The molecule has 0 spiro atoms. The average molecular weight is 272 g/mol. The molecule has 1 saturated carbocycles. The topological polar surface area (TPSA) is 79.3 Å². The summed E-state index contributed by atoms with van der Waals surface area (Å²) in [5.41, 5.74) is 1.11. The number of aliphatic carboxylic acids is 1. The van der Waals surface area contributed by atoms with E-state index in [-0.39, 0.29) is 18.2 Å². The van der Waals surface area contributed by atoms with Crippen molar-refractivity contribution in [2.45, 2.75) is 19.3 Å². The number of hydrogen-bond acceptors (Lipinski definition) is 3. The van der Waals surface area contributed by atoms with Crippen LogP contribution >= 0.6 is 0 Å². The maximum absolute atomic E-state index is 12.2. The van der Waals surface area contributed by atoms with Crippen LogP contribution in [0.2, 0.25) is 0 Å². The summed E-state index contributed by atoms with van der Waals surface area (Å²) < 4.78 is 0. The molecule has 1 aromatic rings. The predicted octanol–water partition coefficient (Wildman–Crippen LogP) is 1.86. The fourth-order valence-corrected chi connectivity index (χ4v) is 3.08. The first kappa shape index (κ1) is 12.8. The molecule has 0 radical (unpaired) electrons. The number of carbonyl (C=O) groups excluding carboxylic acids is 1. The molecular weight excluding hydrogens is 256 g/mol. The van der Waals surface area contributed by atoms with Crippen molar-refractivity contribution in [3.8, 4) is 0 Å². The molecule has 2 bridgehead atoms. The molecule has 2 aliphatic rings. The first-order chi connectivity index (χ1) is 9.61.